The Bertz CT molecular complexity index is 944. The number of rotatable bonds is 5. The van der Waals surface area contributed by atoms with Gasteiger partial charge in [0.15, 0.2) is 0 Å². The topological polar surface area (TPSA) is 81.5 Å². The number of nitro groups is 1. The third-order valence-electron chi connectivity index (χ3n) is 4.63. The monoisotopic (exact) mass is 384 g/mol. The largest absolute Gasteiger partial charge is 0.466 e. The van der Waals surface area contributed by atoms with Gasteiger partial charge in [0.1, 0.15) is 5.92 Å². The molecule has 3 rings (SSSR count). The maximum atomic E-state index is 12.5. The average molecular weight is 384 g/mol. The highest BCUT2D eigenvalue weighted by Crippen LogP contribution is 2.42. The van der Waals surface area contributed by atoms with Crippen LogP contribution in [0.1, 0.15) is 35.8 Å². The van der Waals surface area contributed by atoms with E-state index in [1.54, 1.807) is 13.8 Å². The lowest BCUT2D eigenvalue weighted by molar-refractivity contribution is -0.431. The summed E-state index contributed by atoms with van der Waals surface area (Å²) in [5.41, 5.74) is 3.16. The molecule has 1 aliphatic heterocycles. The van der Waals surface area contributed by atoms with E-state index < -0.39 is 16.8 Å². The minimum absolute atomic E-state index is 0.0197. The number of dihydropyridines is 1. The first kappa shape index (κ1) is 18.8. The molecular weight excluding hydrogens is 364 g/mol. The van der Waals surface area contributed by atoms with Crippen LogP contribution in [0.5, 0.6) is 0 Å². The molecule has 140 valence electrons. The summed E-state index contributed by atoms with van der Waals surface area (Å²) in [7, 11) is 1.29. The predicted octanol–water partition coefficient (Wildman–Crippen LogP) is 3.98. The quantitative estimate of drug-likeness (QED) is 0.479. The third kappa shape index (κ3) is 3.64. The minimum Gasteiger partial charge on any atom is -0.466 e. The standard InChI is InChI=1S/C20H20N2O4S/c1-12-17(20(23)26-3)18(19(22(24)25)13(2)21-12)15-9-10-27-16(15)11-14-7-5-4-6-8-14/h4-10,18,21H,11H2,1-3H3. The van der Waals surface area contributed by atoms with E-state index in [9.17, 15) is 14.9 Å². The number of thiophene rings is 1. The van der Waals surface area contributed by atoms with E-state index in [-0.39, 0.29) is 11.3 Å². The van der Waals surface area contributed by atoms with Crippen LogP contribution in [-0.4, -0.2) is 18.0 Å². The Kier molecular flexibility index (Phi) is 5.41. The lowest BCUT2D eigenvalue weighted by atomic mass is 9.83. The summed E-state index contributed by atoms with van der Waals surface area (Å²) in [6.07, 6.45) is 0.648. The first-order valence-electron chi connectivity index (χ1n) is 8.45. The molecule has 1 N–H and O–H groups in total. The van der Waals surface area contributed by atoms with Crippen molar-refractivity contribution in [3.05, 3.63) is 90.6 Å². The molecule has 0 fully saturated rings. The van der Waals surface area contributed by atoms with Gasteiger partial charge in [0.25, 0.3) is 5.70 Å². The van der Waals surface area contributed by atoms with Gasteiger partial charge in [-0.05, 0) is 36.4 Å². The zero-order chi connectivity index (χ0) is 19.6. The van der Waals surface area contributed by atoms with Crippen molar-refractivity contribution in [1.29, 1.82) is 0 Å². The molecule has 1 aromatic carbocycles. The lowest BCUT2D eigenvalue weighted by Gasteiger charge is -2.26. The van der Waals surface area contributed by atoms with E-state index >= 15 is 0 Å². The van der Waals surface area contributed by atoms with Gasteiger partial charge in [-0.1, -0.05) is 30.3 Å². The van der Waals surface area contributed by atoms with Crippen LogP contribution in [0, 0.1) is 10.1 Å². The highest BCUT2D eigenvalue weighted by molar-refractivity contribution is 7.10. The number of carbonyl (C=O) groups is 1. The summed E-state index contributed by atoms with van der Waals surface area (Å²) in [6, 6.07) is 11.8. The number of methoxy groups -OCH3 is 1. The molecule has 0 aliphatic carbocycles. The molecule has 0 amide bonds. The molecule has 2 aromatic rings. The first-order valence-corrected chi connectivity index (χ1v) is 9.33. The average Bonchev–Trinajstić information content (AvgIpc) is 3.08. The molecule has 0 saturated heterocycles. The van der Waals surface area contributed by atoms with Crippen LogP contribution in [0.3, 0.4) is 0 Å². The van der Waals surface area contributed by atoms with E-state index in [1.807, 2.05) is 41.8 Å². The van der Waals surface area contributed by atoms with Crippen molar-refractivity contribution in [2.24, 2.45) is 0 Å². The smallest absolute Gasteiger partial charge is 0.336 e. The zero-order valence-electron chi connectivity index (χ0n) is 15.3. The molecule has 2 heterocycles. The fourth-order valence-corrected chi connectivity index (χ4v) is 4.39. The number of allylic oxidation sites excluding steroid dienone is 3. The van der Waals surface area contributed by atoms with Gasteiger partial charge in [-0.2, -0.15) is 0 Å². The van der Waals surface area contributed by atoms with Crippen LogP contribution in [0.4, 0.5) is 0 Å². The summed E-state index contributed by atoms with van der Waals surface area (Å²) in [4.78, 5) is 24.9. The van der Waals surface area contributed by atoms with Gasteiger partial charge >= 0.3 is 5.97 Å². The highest BCUT2D eigenvalue weighted by Gasteiger charge is 2.41. The Hall–Kier alpha value is -2.93. The van der Waals surface area contributed by atoms with E-state index in [0.29, 0.717) is 17.8 Å². The number of benzene rings is 1. The number of nitrogens with zero attached hydrogens (tertiary/aromatic N) is 1. The molecule has 0 bridgehead atoms. The second-order valence-electron chi connectivity index (χ2n) is 6.32. The van der Waals surface area contributed by atoms with Crippen LogP contribution < -0.4 is 5.32 Å². The number of carbonyl (C=O) groups excluding carboxylic acids is 1. The summed E-state index contributed by atoms with van der Waals surface area (Å²) in [5.74, 6) is -1.33. The van der Waals surface area contributed by atoms with Crippen molar-refractivity contribution < 1.29 is 14.5 Å². The maximum absolute atomic E-state index is 12.5. The van der Waals surface area contributed by atoms with Crippen molar-refractivity contribution in [1.82, 2.24) is 5.32 Å². The van der Waals surface area contributed by atoms with Crippen molar-refractivity contribution in [3.8, 4) is 0 Å². The number of nitrogens with one attached hydrogen (secondary N) is 1. The Balaban J connectivity index is 2.13. The van der Waals surface area contributed by atoms with Crippen LogP contribution >= 0.6 is 11.3 Å². The molecular formula is C20H20N2O4S. The molecule has 1 aliphatic rings. The van der Waals surface area contributed by atoms with Gasteiger partial charge < -0.3 is 10.1 Å². The van der Waals surface area contributed by atoms with Gasteiger partial charge in [-0.15, -0.1) is 11.3 Å². The molecule has 0 spiro atoms. The predicted molar refractivity (Wildman–Crippen MR) is 104 cm³/mol. The summed E-state index contributed by atoms with van der Waals surface area (Å²) in [6.45, 7) is 3.40. The highest BCUT2D eigenvalue weighted by atomic mass is 32.1. The fraction of sp³-hybridized carbons (Fsp3) is 0.250. The second-order valence-corrected chi connectivity index (χ2v) is 7.32. The SMILES string of the molecule is COC(=O)C1=C(C)NC(C)=C([N+](=O)[O-])C1c1ccsc1Cc1ccccc1. The van der Waals surface area contributed by atoms with E-state index in [2.05, 4.69) is 5.32 Å². The molecule has 0 saturated carbocycles. The Morgan fingerprint density at radius 3 is 2.56 bits per heavy atom. The van der Waals surface area contributed by atoms with Gasteiger partial charge in [0, 0.05) is 17.0 Å². The zero-order valence-corrected chi connectivity index (χ0v) is 16.1. The van der Waals surface area contributed by atoms with Crippen LogP contribution in [0.25, 0.3) is 0 Å². The van der Waals surface area contributed by atoms with E-state index in [0.717, 1.165) is 16.0 Å². The number of hydrogen-bond donors (Lipinski definition) is 1. The molecule has 27 heavy (non-hydrogen) atoms. The Morgan fingerprint density at radius 1 is 1.22 bits per heavy atom. The molecule has 6 nitrogen and oxygen atoms in total. The first-order chi connectivity index (χ1) is 12.9. The van der Waals surface area contributed by atoms with Gasteiger partial charge in [-0.3, -0.25) is 10.1 Å². The Morgan fingerprint density at radius 2 is 1.93 bits per heavy atom. The fourth-order valence-electron chi connectivity index (χ4n) is 3.44. The molecule has 1 aromatic heterocycles. The molecule has 1 atom stereocenters. The third-order valence-corrected chi connectivity index (χ3v) is 5.56. The van der Waals surface area contributed by atoms with Gasteiger partial charge in [-0.25, -0.2) is 4.79 Å². The van der Waals surface area contributed by atoms with Crippen molar-refractivity contribution in [2.45, 2.75) is 26.2 Å². The van der Waals surface area contributed by atoms with Gasteiger partial charge in [0.2, 0.25) is 0 Å². The second kappa shape index (κ2) is 7.75. The molecule has 0 radical (unpaired) electrons. The number of hydrogen-bond acceptors (Lipinski definition) is 6. The van der Waals surface area contributed by atoms with Crippen LogP contribution in [0.15, 0.2) is 64.4 Å². The normalized spacial score (nSPS) is 16.9. The van der Waals surface area contributed by atoms with E-state index in [1.165, 1.54) is 18.4 Å². The summed E-state index contributed by atoms with van der Waals surface area (Å²) < 4.78 is 4.93. The van der Waals surface area contributed by atoms with Crippen molar-refractivity contribution in [3.63, 3.8) is 0 Å². The summed E-state index contributed by atoms with van der Waals surface area (Å²) >= 11 is 1.54. The lowest BCUT2D eigenvalue weighted by Crippen LogP contribution is -2.31. The van der Waals surface area contributed by atoms with Crippen molar-refractivity contribution >= 4 is 17.3 Å². The maximum Gasteiger partial charge on any atom is 0.336 e. The van der Waals surface area contributed by atoms with Crippen molar-refractivity contribution in [2.75, 3.05) is 7.11 Å². The van der Waals surface area contributed by atoms with E-state index in [4.69, 9.17) is 4.74 Å². The number of ether oxygens (including phenoxy) is 1. The molecule has 7 heteroatoms. The Labute approximate surface area is 161 Å². The van der Waals surface area contributed by atoms with Crippen LogP contribution in [-0.2, 0) is 16.0 Å². The number of esters is 1. The summed E-state index contributed by atoms with van der Waals surface area (Å²) in [5, 5.41) is 16.7. The molecule has 1 unspecified atom stereocenters. The minimum atomic E-state index is -0.765. The van der Waals surface area contributed by atoms with Gasteiger partial charge in [0.05, 0.1) is 23.3 Å². The van der Waals surface area contributed by atoms with Crippen LogP contribution in [0.2, 0.25) is 0 Å².